The molecular formula is C11H11BrO4. The minimum atomic E-state index is -1.13. The molecule has 0 spiro atoms. The molecule has 1 rings (SSSR count). The van der Waals surface area contributed by atoms with Gasteiger partial charge in [-0.1, -0.05) is 33.6 Å². The van der Waals surface area contributed by atoms with Crippen LogP contribution in [0.3, 0.4) is 0 Å². The second-order valence-electron chi connectivity index (χ2n) is 3.51. The summed E-state index contributed by atoms with van der Waals surface area (Å²) in [7, 11) is 0. The normalized spacial score (nSPS) is 12.1. The fraction of sp³-hybridized carbons (Fsp3) is 0.273. The molecule has 1 aromatic carbocycles. The van der Waals surface area contributed by atoms with Crippen LogP contribution >= 0.6 is 15.9 Å². The first kappa shape index (κ1) is 12.7. The van der Waals surface area contributed by atoms with Crippen LogP contribution in [0.25, 0.3) is 0 Å². The van der Waals surface area contributed by atoms with Crippen molar-refractivity contribution in [2.75, 3.05) is 0 Å². The Hall–Kier alpha value is -1.36. The Labute approximate surface area is 101 Å². The molecule has 0 saturated heterocycles. The molecule has 4 nitrogen and oxygen atoms in total. The molecule has 2 N–H and O–H groups in total. The fourth-order valence-electron chi connectivity index (χ4n) is 1.44. The van der Waals surface area contributed by atoms with Crippen LogP contribution in [-0.2, 0) is 9.59 Å². The molecule has 5 heteroatoms. The zero-order chi connectivity index (χ0) is 12.3. The highest BCUT2D eigenvalue weighted by Gasteiger charge is 2.25. The number of aliphatic carboxylic acids is 2. The summed E-state index contributed by atoms with van der Waals surface area (Å²) in [6.45, 7) is 1.83. The number of hydrogen-bond donors (Lipinski definition) is 2. The maximum atomic E-state index is 11.0. The lowest BCUT2D eigenvalue weighted by molar-refractivity contribution is -0.145. The molecule has 0 aromatic heterocycles. The number of hydrogen-bond acceptors (Lipinski definition) is 2. The van der Waals surface area contributed by atoms with Crippen LogP contribution in [0.15, 0.2) is 22.7 Å². The van der Waals surface area contributed by atoms with E-state index < -0.39 is 24.3 Å². The molecule has 0 saturated carbocycles. The average molecular weight is 287 g/mol. The average Bonchev–Trinajstić information content (AvgIpc) is 2.18. The zero-order valence-corrected chi connectivity index (χ0v) is 10.2. The van der Waals surface area contributed by atoms with Gasteiger partial charge in [-0.3, -0.25) is 9.59 Å². The van der Waals surface area contributed by atoms with Gasteiger partial charge in [0.2, 0.25) is 0 Å². The Morgan fingerprint density at radius 2 is 2.00 bits per heavy atom. The zero-order valence-electron chi connectivity index (χ0n) is 8.61. The maximum Gasteiger partial charge on any atom is 0.311 e. The molecule has 0 aliphatic heterocycles. The van der Waals surface area contributed by atoms with Gasteiger partial charge < -0.3 is 10.2 Å². The second-order valence-corrected chi connectivity index (χ2v) is 4.37. The quantitative estimate of drug-likeness (QED) is 0.891. The number of aryl methyl sites for hydroxylation is 1. The van der Waals surface area contributed by atoms with E-state index in [0.29, 0.717) is 10.0 Å². The first-order chi connectivity index (χ1) is 7.41. The van der Waals surface area contributed by atoms with Gasteiger partial charge in [0.1, 0.15) is 0 Å². The molecule has 0 bridgehead atoms. The van der Waals surface area contributed by atoms with Crippen LogP contribution in [0, 0.1) is 6.92 Å². The van der Waals surface area contributed by atoms with E-state index in [2.05, 4.69) is 15.9 Å². The standard InChI is InChI=1S/C11H11BrO4/c1-6-2-3-9(12)7(4-6)8(11(15)16)5-10(13)14/h2-4,8H,5H2,1H3,(H,13,14)(H,15,16). The highest BCUT2D eigenvalue weighted by Crippen LogP contribution is 2.28. The van der Waals surface area contributed by atoms with Gasteiger partial charge in [0, 0.05) is 4.47 Å². The minimum Gasteiger partial charge on any atom is -0.481 e. The fourth-order valence-corrected chi connectivity index (χ4v) is 1.96. The van der Waals surface area contributed by atoms with Crippen molar-refractivity contribution in [1.29, 1.82) is 0 Å². The molecule has 1 unspecified atom stereocenters. The molecule has 0 amide bonds. The van der Waals surface area contributed by atoms with Crippen molar-refractivity contribution < 1.29 is 19.8 Å². The van der Waals surface area contributed by atoms with Gasteiger partial charge in [0.15, 0.2) is 0 Å². The summed E-state index contributed by atoms with van der Waals surface area (Å²) in [5.41, 5.74) is 1.39. The van der Waals surface area contributed by atoms with Crippen molar-refractivity contribution in [3.8, 4) is 0 Å². The van der Waals surface area contributed by atoms with Crippen molar-refractivity contribution in [3.05, 3.63) is 33.8 Å². The Kier molecular flexibility index (Phi) is 4.06. The summed E-state index contributed by atoms with van der Waals surface area (Å²) in [4.78, 5) is 21.6. The van der Waals surface area contributed by atoms with E-state index in [1.165, 1.54) is 0 Å². The van der Waals surface area contributed by atoms with E-state index in [1.54, 1.807) is 12.1 Å². The Balaban J connectivity index is 3.14. The molecule has 0 heterocycles. The van der Waals surface area contributed by atoms with Gasteiger partial charge in [-0.25, -0.2) is 0 Å². The molecule has 86 valence electrons. The topological polar surface area (TPSA) is 74.6 Å². The SMILES string of the molecule is Cc1ccc(Br)c(C(CC(=O)O)C(=O)O)c1. The summed E-state index contributed by atoms with van der Waals surface area (Å²) < 4.78 is 0.617. The number of carboxylic acid groups (broad SMARTS) is 2. The first-order valence-electron chi connectivity index (χ1n) is 4.62. The maximum absolute atomic E-state index is 11.0. The van der Waals surface area contributed by atoms with Gasteiger partial charge in [-0.2, -0.15) is 0 Å². The van der Waals surface area contributed by atoms with E-state index >= 15 is 0 Å². The Bertz CT molecular complexity index is 428. The number of carboxylic acids is 2. The second kappa shape index (κ2) is 5.12. The third kappa shape index (κ3) is 3.06. The summed E-state index contributed by atoms with van der Waals surface area (Å²) >= 11 is 3.23. The predicted molar refractivity (Wildman–Crippen MR) is 61.5 cm³/mol. The highest BCUT2D eigenvalue weighted by molar-refractivity contribution is 9.10. The predicted octanol–water partition coefficient (Wildman–Crippen LogP) is 2.40. The Morgan fingerprint density at radius 1 is 1.38 bits per heavy atom. The number of halogens is 1. The molecule has 0 aliphatic rings. The third-order valence-corrected chi connectivity index (χ3v) is 2.93. The summed E-state index contributed by atoms with van der Waals surface area (Å²) in [5, 5.41) is 17.7. The van der Waals surface area contributed by atoms with Gasteiger partial charge in [0.05, 0.1) is 12.3 Å². The summed E-state index contributed by atoms with van der Waals surface area (Å²) in [6.07, 6.45) is -0.419. The lowest BCUT2D eigenvalue weighted by atomic mass is 9.94. The summed E-state index contributed by atoms with van der Waals surface area (Å²) in [6, 6.07) is 5.24. The molecule has 1 aromatic rings. The van der Waals surface area contributed by atoms with Crippen LogP contribution in [0.2, 0.25) is 0 Å². The third-order valence-electron chi connectivity index (χ3n) is 2.20. The highest BCUT2D eigenvalue weighted by atomic mass is 79.9. The molecule has 1 atom stereocenters. The Morgan fingerprint density at radius 3 is 2.50 bits per heavy atom. The van der Waals surface area contributed by atoms with Crippen LogP contribution in [0.1, 0.15) is 23.5 Å². The van der Waals surface area contributed by atoms with Crippen molar-refractivity contribution in [1.82, 2.24) is 0 Å². The number of benzene rings is 1. The number of carbonyl (C=O) groups is 2. The van der Waals surface area contributed by atoms with E-state index in [0.717, 1.165) is 5.56 Å². The molecule has 0 aliphatic carbocycles. The van der Waals surface area contributed by atoms with Crippen LogP contribution in [-0.4, -0.2) is 22.2 Å². The van der Waals surface area contributed by atoms with Gasteiger partial charge in [-0.05, 0) is 18.6 Å². The molecular weight excluding hydrogens is 276 g/mol. The van der Waals surface area contributed by atoms with Crippen LogP contribution < -0.4 is 0 Å². The lowest BCUT2D eigenvalue weighted by Gasteiger charge is -2.13. The van der Waals surface area contributed by atoms with Crippen LogP contribution in [0.5, 0.6) is 0 Å². The largest absolute Gasteiger partial charge is 0.481 e. The van der Waals surface area contributed by atoms with E-state index in [-0.39, 0.29) is 0 Å². The van der Waals surface area contributed by atoms with E-state index in [9.17, 15) is 9.59 Å². The summed E-state index contributed by atoms with van der Waals surface area (Å²) in [5.74, 6) is -3.28. The van der Waals surface area contributed by atoms with Gasteiger partial charge in [-0.15, -0.1) is 0 Å². The number of rotatable bonds is 4. The minimum absolute atomic E-state index is 0.419. The van der Waals surface area contributed by atoms with E-state index in [4.69, 9.17) is 10.2 Å². The van der Waals surface area contributed by atoms with E-state index in [1.807, 2.05) is 13.0 Å². The van der Waals surface area contributed by atoms with Crippen LogP contribution in [0.4, 0.5) is 0 Å². The smallest absolute Gasteiger partial charge is 0.311 e. The monoisotopic (exact) mass is 286 g/mol. The van der Waals surface area contributed by atoms with Crippen molar-refractivity contribution in [3.63, 3.8) is 0 Å². The van der Waals surface area contributed by atoms with Crippen molar-refractivity contribution in [2.45, 2.75) is 19.3 Å². The van der Waals surface area contributed by atoms with Crippen molar-refractivity contribution in [2.24, 2.45) is 0 Å². The lowest BCUT2D eigenvalue weighted by Crippen LogP contribution is -2.16. The van der Waals surface area contributed by atoms with Gasteiger partial charge >= 0.3 is 11.9 Å². The molecule has 0 fully saturated rings. The molecule has 16 heavy (non-hydrogen) atoms. The van der Waals surface area contributed by atoms with Gasteiger partial charge in [0.25, 0.3) is 0 Å². The first-order valence-corrected chi connectivity index (χ1v) is 5.41. The van der Waals surface area contributed by atoms with Crippen molar-refractivity contribution >= 4 is 27.9 Å². The molecule has 0 radical (unpaired) electrons.